The summed E-state index contributed by atoms with van der Waals surface area (Å²) in [6.45, 7) is 4.07. The predicted octanol–water partition coefficient (Wildman–Crippen LogP) is 5.44. The number of methoxy groups -OCH3 is 1. The molecule has 8 nitrogen and oxygen atoms in total. The van der Waals surface area contributed by atoms with Gasteiger partial charge in [0.2, 0.25) is 0 Å². The van der Waals surface area contributed by atoms with Gasteiger partial charge in [-0.25, -0.2) is 5.43 Å². The van der Waals surface area contributed by atoms with Crippen LogP contribution in [0.15, 0.2) is 71.8 Å². The Balaban J connectivity index is 1.73. The van der Waals surface area contributed by atoms with E-state index in [1.165, 1.54) is 12.3 Å². The second-order valence-corrected chi connectivity index (χ2v) is 9.39. The van der Waals surface area contributed by atoms with Crippen LogP contribution in [-0.4, -0.2) is 43.9 Å². The molecule has 0 aromatic heterocycles. The van der Waals surface area contributed by atoms with Crippen LogP contribution in [-0.2, 0) is 16.0 Å². The molecule has 0 radical (unpaired) electrons. The van der Waals surface area contributed by atoms with Crippen LogP contribution >= 0.6 is 23.2 Å². The molecule has 0 aliphatic carbocycles. The van der Waals surface area contributed by atoms with E-state index in [0.29, 0.717) is 34.4 Å². The number of carbonyl (C=O) groups excluding carboxylic acids is 2. The Labute approximate surface area is 238 Å². The maximum atomic E-state index is 13.2. The van der Waals surface area contributed by atoms with Crippen molar-refractivity contribution in [3.8, 4) is 17.2 Å². The van der Waals surface area contributed by atoms with E-state index in [1.807, 2.05) is 37.3 Å². The monoisotopic (exact) mass is 571 g/mol. The van der Waals surface area contributed by atoms with Gasteiger partial charge in [0.1, 0.15) is 11.8 Å². The van der Waals surface area contributed by atoms with Crippen molar-refractivity contribution in [1.29, 1.82) is 0 Å². The number of ether oxygens (including phenoxy) is 3. The Kier molecular flexibility index (Phi) is 11.5. The number of halogens is 2. The number of hydrogen-bond donors (Lipinski definition) is 2. The van der Waals surface area contributed by atoms with Crippen molar-refractivity contribution in [3.63, 3.8) is 0 Å². The van der Waals surface area contributed by atoms with Gasteiger partial charge in [-0.15, -0.1) is 0 Å². The zero-order chi connectivity index (χ0) is 28.2. The van der Waals surface area contributed by atoms with Crippen LogP contribution in [0.1, 0.15) is 31.4 Å². The van der Waals surface area contributed by atoms with Crippen molar-refractivity contribution < 1.29 is 23.8 Å². The highest BCUT2D eigenvalue weighted by Gasteiger charge is 2.25. The zero-order valence-corrected chi connectivity index (χ0v) is 23.5. The van der Waals surface area contributed by atoms with E-state index in [1.54, 1.807) is 44.4 Å². The van der Waals surface area contributed by atoms with Crippen LogP contribution in [0.4, 0.5) is 0 Å². The Morgan fingerprint density at radius 1 is 1.00 bits per heavy atom. The van der Waals surface area contributed by atoms with E-state index >= 15 is 0 Å². The van der Waals surface area contributed by atoms with Gasteiger partial charge in [-0.2, -0.15) is 5.10 Å². The molecule has 0 saturated carbocycles. The summed E-state index contributed by atoms with van der Waals surface area (Å²) in [5.41, 5.74) is 4.02. The van der Waals surface area contributed by atoms with Gasteiger partial charge in [-0.3, -0.25) is 9.59 Å². The lowest BCUT2D eigenvalue weighted by molar-refractivity contribution is -0.132. The molecule has 0 bridgehead atoms. The molecule has 2 amide bonds. The number of hydrogen-bond acceptors (Lipinski definition) is 6. The van der Waals surface area contributed by atoms with Crippen LogP contribution < -0.4 is 25.0 Å². The smallest absolute Gasteiger partial charge is 0.262 e. The molecule has 2 N–H and O–H groups in total. The summed E-state index contributed by atoms with van der Waals surface area (Å²) in [4.78, 5) is 26.1. The van der Waals surface area contributed by atoms with E-state index < -0.39 is 24.0 Å². The Morgan fingerprint density at radius 2 is 1.77 bits per heavy atom. The number of hydrazone groups is 1. The maximum absolute atomic E-state index is 13.2. The van der Waals surface area contributed by atoms with Crippen LogP contribution in [0.5, 0.6) is 17.2 Å². The number of nitrogens with one attached hydrogen (secondary N) is 2. The van der Waals surface area contributed by atoms with Gasteiger partial charge in [0.05, 0.1) is 25.0 Å². The highest BCUT2D eigenvalue weighted by atomic mass is 35.5. The first kappa shape index (κ1) is 29.8. The Hall–Kier alpha value is -3.75. The van der Waals surface area contributed by atoms with Crippen molar-refractivity contribution in [3.05, 3.63) is 87.9 Å². The molecular weight excluding hydrogens is 541 g/mol. The van der Waals surface area contributed by atoms with Gasteiger partial charge in [0.25, 0.3) is 11.8 Å². The van der Waals surface area contributed by atoms with E-state index in [-0.39, 0.29) is 11.4 Å². The standard InChI is InChI=1S/C29H31Cl2N3O5/c1-4-15-38-27-21(11-8-12-26(27)37-3)18-32-34-29(36)24(16-20-9-6-5-7-10-20)33-28(35)19(2)39-25-14-13-22(30)17-23(25)31/h5-14,17-19,24H,4,15-16H2,1-3H3,(H,33,35)(H,34,36)/b32-18-/t19-,24+/m0/s1. The fourth-order valence-corrected chi connectivity index (χ4v) is 4.01. The molecule has 0 saturated heterocycles. The second kappa shape index (κ2) is 15.0. The van der Waals surface area contributed by atoms with Crippen molar-refractivity contribution >= 4 is 41.2 Å². The first-order valence-electron chi connectivity index (χ1n) is 12.4. The maximum Gasteiger partial charge on any atom is 0.262 e. The van der Waals surface area contributed by atoms with E-state index in [4.69, 9.17) is 37.4 Å². The first-order valence-corrected chi connectivity index (χ1v) is 13.2. The molecule has 2 atom stereocenters. The first-order chi connectivity index (χ1) is 18.8. The van der Waals surface area contributed by atoms with Crippen LogP contribution in [0, 0.1) is 0 Å². The molecule has 0 fully saturated rings. The van der Waals surface area contributed by atoms with Crippen molar-refractivity contribution in [2.75, 3.05) is 13.7 Å². The lowest BCUT2D eigenvalue weighted by Crippen LogP contribution is -2.50. The highest BCUT2D eigenvalue weighted by Crippen LogP contribution is 2.30. The molecule has 39 heavy (non-hydrogen) atoms. The molecule has 10 heteroatoms. The quantitative estimate of drug-likeness (QED) is 0.210. The number of amides is 2. The molecule has 3 aromatic carbocycles. The summed E-state index contributed by atoms with van der Waals surface area (Å²) >= 11 is 12.1. The largest absolute Gasteiger partial charge is 0.493 e. The van der Waals surface area contributed by atoms with Crippen molar-refractivity contribution in [2.24, 2.45) is 5.10 Å². The summed E-state index contributed by atoms with van der Waals surface area (Å²) in [5, 5.41) is 7.59. The highest BCUT2D eigenvalue weighted by molar-refractivity contribution is 6.35. The van der Waals surface area contributed by atoms with Gasteiger partial charge >= 0.3 is 0 Å². The number of para-hydroxylation sites is 1. The molecule has 0 spiro atoms. The molecule has 3 rings (SSSR count). The lowest BCUT2D eigenvalue weighted by atomic mass is 10.1. The third kappa shape index (κ3) is 8.90. The predicted molar refractivity (Wildman–Crippen MR) is 153 cm³/mol. The van der Waals surface area contributed by atoms with Crippen molar-refractivity contribution in [2.45, 2.75) is 38.8 Å². The average Bonchev–Trinajstić information content (AvgIpc) is 2.93. The summed E-state index contributed by atoms with van der Waals surface area (Å²) in [5.74, 6) is 0.392. The molecule has 3 aromatic rings. The van der Waals surface area contributed by atoms with Gasteiger partial charge < -0.3 is 19.5 Å². The number of carbonyl (C=O) groups is 2. The lowest BCUT2D eigenvalue weighted by Gasteiger charge is -2.21. The zero-order valence-electron chi connectivity index (χ0n) is 21.9. The Bertz CT molecular complexity index is 1290. The molecule has 0 aliphatic heterocycles. The van der Waals surface area contributed by atoms with E-state index in [0.717, 1.165) is 12.0 Å². The summed E-state index contributed by atoms with van der Waals surface area (Å²) < 4.78 is 16.9. The molecule has 0 aliphatic rings. The SMILES string of the molecule is CCCOc1c(/C=N\NC(=O)[C@@H](Cc2ccccc2)NC(=O)[C@H](C)Oc2ccc(Cl)cc2Cl)cccc1OC. The van der Waals surface area contributed by atoms with Crippen LogP contribution in [0.25, 0.3) is 0 Å². The summed E-state index contributed by atoms with van der Waals surface area (Å²) in [6, 6.07) is 18.5. The van der Waals surface area contributed by atoms with Gasteiger partial charge in [-0.05, 0) is 49.2 Å². The Morgan fingerprint density at radius 3 is 2.46 bits per heavy atom. The number of nitrogens with zero attached hydrogens (tertiary/aromatic N) is 1. The van der Waals surface area contributed by atoms with Crippen LogP contribution in [0.3, 0.4) is 0 Å². The van der Waals surface area contributed by atoms with Gasteiger partial charge in [0, 0.05) is 17.0 Å². The van der Waals surface area contributed by atoms with Gasteiger partial charge in [-0.1, -0.05) is 66.5 Å². The van der Waals surface area contributed by atoms with Crippen LogP contribution in [0.2, 0.25) is 10.0 Å². The topological polar surface area (TPSA) is 98.2 Å². The van der Waals surface area contributed by atoms with E-state index in [9.17, 15) is 9.59 Å². The second-order valence-electron chi connectivity index (χ2n) is 8.55. The fourth-order valence-electron chi connectivity index (χ4n) is 3.56. The molecule has 206 valence electrons. The average molecular weight is 572 g/mol. The molecular formula is C29H31Cl2N3O5. The minimum atomic E-state index is -0.937. The van der Waals surface area contributed by atoms with E-state index in [2.05, 4.69) is 15.8 Å². The normalized spacial score (nSPS) is 12.4. The molecule has 0 unspecified atom stereocenters. The minimum absolute atomic E-state index is 0.242. The molecule has 0 heterocycles. The summed E-state index contributed by atoms with van der Waals surface area (Å²) in [6.07, 6.45) is 1.60. The summed E-state index contributed by atoms with van der Waals surface area (Å²) in [7, 11) is 1.55. The van der Waals surface area contributed by atoms with Gasteiger partial charge in [0.15, 0.2) is 17.6 Å². The number of benzene rings is 3. The third-order valence-corrected chi connectivity index (χ3v) is 6.07. The fraction of sp³-hybridized carbons (Fsp3) is 0.276. The third-order valence-electron chi connectivity index (χ3n) is 5.54. The number of rotatable bonds is 13. The van der Waals surface area contributed by atoms with Crippen molar-refractivity contribution in [1.82, 2.24) is 10.7 Å². The minimum Gasteiger partial charge on any atom is -0.493 e.